The van der Waals surface area contributed by atoms with E-state index in [0.29, 0.717) is 5.16 Å². The monoisotopic (exact) mass is 410 g/mol. The van der Waals surface area contributed by atoms with E-state index in [1.165, 1.54) is 11.8 Å². The first-order valence-corrected chi connectivity index (χ1v) is 10.3. The van der Waals surface area contributed by atoms with Crippen LogP contribution in [0.5, 0.6) is 0 Å². The molecule has 1 aliphatic heterocycles. The topological polar surface area (TPSA) is 85.2 Å². The number of hydrogen-bond acceptors (Lipinski definition) is 7. The first-order valence-electron chi connectivity index (χ1n) is 9.36. The molecule has 9 heteroatoms. The highest BCUT2D eigenvalue weighted by atomic mass is 32.2. The van der Waals surface area contributed by atoms with Crippen LogP contribution in [0.4, 0.5) is 11.4 Å². The lowest BCUT2D eigenvalue weighted by molar-refractivity contribution is -0.113. The van der Waals surface area contributed by atoms with Gasteiger partial charge in [0.1, 0.15) is 0 Å². The number of carbonyl (C=O) groups is 1. The fourth-order valence-electron chi connectivity index (χ4n) is 3.09. The summed E-state index contributed by atoms with van der Waals surface area (Å²) in [6.45, 7) is 3.28. The fraction of sp³-hybridized carbons (Fsp3) is 0.300. The lowest BCUT2D eigenvalue weighted by Crippen LogP contribution is -2.36. The van der Waals surface area contributed by atoms with Crippen molar-refractivity contribution >= 4 is 29.0 Å². The Hall–Kier alpha value is -2.91. The van der Waals surface area contributed by atoms with Crippen molar-refractivity contribution in [2.24, 2.45) is 7.05 Å². The van der Waals surface area contributed by atoms with E-state index in [4.69, 9.17) is 4.74 Å². The Balaban J connectivity index is 1.32. The number of pyridine rings is 1. The van der Waals surface area contributed by atoms with Crippen LogP contribution < -0.4 is 10.2 Å². The zero-order valence-corrected chi connectivity index (χ0v) is 16.9. The molecule has 0 unspecified atom stereocenters. The van der Waals surface area contributed by atoms with E-state index in [1.54, 1.807) is 12.4 Å². The van der Waals surface area contributed by atoms with Crippen molar-refractivity contribution in [3.8, 4) is 11.4 Å². The van der Waals surface area contributed by atoms with Gasteiger partial charge in [-0.2, -0.15) is 0 Å². The average Bonchev–Trinajstić information content (AvgIpc) is 3.14. The predicted molar refractivity (Wildman–Crippen MR) is 113 cm³/mol. The van der Waals surface area contributed by atoms with Gasteiger partial charge in [-0.1, -0.05) is 11.8 Å². The van der Waals surface area contributed by atoms with Crippen molar-refractivity contribution in [2.75, 3.05) is 42.3 Å². The molecule has 2 aromatic heterocycles. The van der Waals surface area contributed by atoms with Gasteiger partial charge in [-0.05, 0) is 36.4 Å². The maximum absolute atomic E-state index is 12.3. The number of aromatic nitrogens is 4. The SMILES string of the molecule is Cn1c(SCC(=O)Nc2ccc(N3CCOCC3)cc2)nnc1-c1cccnc1. The molecule has 1 aromatic carbocycles. The zero-order valence-electron chi connectivity index (χ0n) is 16.1. The molecule has 1 saturated heterocycles. The molecule has 29 heavy (non-hydrogen) atoms. The summed E-state index contributed by atoms with van der Waals surface area (Å²) in [4.78, 5) is 18.7. The van der Waals surface area contributed by atoms with Crippen molar-refractivity contribution in [2.45, 2.75) is 5.16 Å². The highest BCUT2D eigenvalue weighted by Gasteiger charge is 2.14. The summed E-state index contributed by atoms with van der Waals surface area (Å²) in [5, 5.41) is 12.0. The van der Waals surface area contributed by atoms with E-state index in [9.17, 15) is 4.79 Å². The molecule has 0 spiro atoms. The van der Waals surface area contributed by atoms with Gasteiger partial charge in [0.25, 0.3) is 0 Å². The molecule has 1 fully saturated rings. The number of morpholine rings is 1. The van der Waals surface area contributed by atoms with E-state index in [1.807, 2.05) is 48.0 Å². The van der Waals surface area contributed by atoms with Crippen LogP contribution >= 0.6 is 11.8 Å². The van der Waals surface area contributed by atoms with Gasteiger partial charge >= 0.3 is 0 Å². The summed E-state index contributed by atoms with van der Waals surface area (Å²) in [6, 6.07) is 11.7. The number of benzene rings is 1. The third kappa shape index (κ3) is 4.75. The second-order valence-electron chi connectivity index (χ2n) is 6.59. The fourth-order valence-corrected chi connectivity index (χ4v) is 3.80. The third-order valence-corrected chi connectivity index (χ3v) is 5.63. The number of thioether (sulfide) groups is 1. The average molecular weight is 411 g/mol. The number of rotatable bonds is 6. The molecule has 0 atom stereocenters. The maximum Gasteiger partial charge on any atom is 0.234 e. The molecule has 0 radical (unpaired) electrons. The summed E-state index contributed by atoms with van der Waals surface area (Å²) >= 11 is 1.35. The lowest BCUT2D eigenvalue weighted by atomic mass is 10.2. The third-order valence-electron chi connectivity index (χ3n) is 4.61. The van der Waals surface area contributed by atoms with Gasteiger partial charge < -0.3 is 19.5 Å². The van der Waals surface area contributed by atoms with Crippen molar-refractivity contribution in [3.05, 3.63) is 48.8 Å². The lowest BCUT2D eigenvalue weighted by Gasteiger charge is -2.28. The van der Waals surface area contributed by atoms with Gasteiger partial charge in [0.2, 0.25) is 5.91 Å². The minimum Gasteiger partial charge on any atom is -0.378 e. The maximum atomic E-state index is 12.3. The van der Waals surface area contributed by atoms with E-state index in [-0.39, 0.29) is 11.7 Å². The number of hydrogen-bond donors (Lipinski definition) is 1. The Morgan fingerprint density at radius 1 is 1.17 bits per heavy atom. The van der Waals surface area contributed by atoms with E-state index >= 15 is 0 Å². The van der Waals surface area contributed by atoms with Gasteiger partial charge in [-0.15, -0.1) is 10.2 Å². The minimum atomic E-state index is -0.0833. The predicted octanol–water partition coefficient (Wildman–Crippen LogP) is 2.44. The molecule has 8 nitrogen and oxygen atoms in total. The Labute approximate surface area is 173 Å². The van der Waals surface area contributed by atoms with Gasteiger partial charge in [0, 0.05) is 49.5 Å². The van der Waals surface area contributed by atoms with Crippen molar-refractivity contribution in [1.29, 1.82) is 0 Å². The summed E-state index contributed by atoms with van der Waals surface area (Å²) in [5.74, 6) is 0.893. The van der Waals surface area contributed by atoms with Crippen molar-refractivity contribution in [1.82, 2.24) is 19.7 Å². The first kappa shape index (κ1) is 19.4. The smallest absolute Gasteiger partial charge is 0.234 e. The number of anilines is 2. The molecule has 150 valence electrons. The summed E-state index contributed by atoms with van der Waals surface area (Å²) in [7, 11) is 1.88. The molecule has 0 aliphatic carbocycles. The van der Waals surface area contributed by atoms with E-state index in [0.717, 1.165) is 49.1 Å². The second kappa shape index (κ2) is 9.06. The molecule has 4 rings (SSSR count). The zero-order chi connectivity index (χ0) is 20.1. The summed E-state index contributed by atoms with van der Waals surface area (Å²) < 4.78 is 7.25. The van der Waals surface area contributed by atoms with Crippen LogP contribution in [0.1, 0.15) is 0 Å². The highest BCUT2D eigenvalue weighted by Crippen LogP contribution is 2.23. The van der Waals surface area contributed by atoms with Crippen molar-refractivity contribution in [3.63, 3.8) is 0 Å². The molecule has 3 heterocycles. The molecular formula is C20H22N6O2S. The number of nitrogens with zero attached hydrogens (tertiary/aromatic N) is 5. The largest absolute Gasteiger partial charge is 0.378 e. The Kier molecular flexibility index (Phi) is 6.06. The van der Waals surface area contributed by atoms with Crippen LogP contribution in [-0.4, -0.2) is 57.7 Å². The van der Waals surface area contributed by atoms with Crippen LogP contribution in [0, 0.1) is 0 Å². The standard InChI is InChI=1S/C20H22N6O2S/c1-25-19(15-3-2-8-21-13-15)23-24-20(25)29-14-18(27)22-16-4-6-17(7-5-16)26-9-11-28-12-10-26/h2-8,13H,9-12,14H2,1H3,(H,22,27). The number of ether oxygens (including phenoxy) is 1. The molecule has 1 N–H and O–H groups in total. The van der Waals surface area contributed by atoms with Crippen molar-refractivity contribution < 1.29 is 9.53 Å². The van der Waals surface area contributed by atoms with Crippen LogP contribution in [0.15, 0.2) is 53.9 Å². The summed E-state index contributed by atoms with van der Waals surface area (Å²) in [5.41, 5.74) is 2.81. The number of nitrogens with one attached hydrogen (secondary N) is 1. The normalized spacial score (nSPS) is 14.0. The van der Waals surface area contributed by atoms with Gasteiger partial charge in [-0.3, -0.25) is 9.78 Å². The molecular weight excluding hydrogens is 388 g/mol. The van der Waals surface area contributed by atoms with Gasteiger partial charge in [0.15, 0.2) is 11.0 Å². The first-order chi connectivity index (χ1) is 14.2. The quantitative estimate of drug-likeness (QED) is 0.625. The summed E-state index contributed by atoms with van der Waals surface area (Å²) in [6.07, 6.45) is 3.46. The highest BCUT2D eigenvalue weighted by molar-refractivity contribution is 7.99. The van der Waals surface area contributed by atoms with Gasteiger partial charge in [0.05, 0.1) is 19.0 Å². The Morgan fingerprint density at radius 2 is 1.97 bits per heavy atom. The molecule has 3 aromatic rings. The molecule has 0 saturated carbocycles. The van der Waals surface area contributed by atoms with Crippen LogP contribution in [0.3, 0.4) is 0 Å². The van der Waals surface area contributed by atoms with Crippen LogP contribution in [-0.2, 0) is 16.6 Å². The number of amides is 1. The Bertz CT molecular complexity index is 955. The second-order valence-corrected chi connectivity index (χ2v) is 7.53. The van der Waals surface area contributed by atoms with E-state index in [2.05, 4.69) is 25.4 Å². The molecule has 1 aliphatic rings. The van der Waals surface area contributed by atoms with Gasteiger partial charge in [-0.25, -0.2) is 0 Å². The molecule has 1 amide bonds. The van der Waals surface area contributed by atoms with Crippen LogP contribution in [0.2, 0.25) is 0 Å². The number of carbonyl (C=O) groups excluding carboxylic acids is 1. The van der Waals surface area contributed by atoms with E-state index < -0.39 is 0 Å². The Morgan fingerprint density at radius 3 is 2.69 bits per heavy atom. The molecule has 0 bridgehead atoms. The minimum absolute atomic E-state index is 0.0833. The van der Waals surface area contributed by atoms with Crippen LogP contribution in [0.25, 0.3) is 11.4 Å².